The zero-order valence-electron chi connectivity index (χ0n) is 12.6. The molecule has 0 saturated carbocycles. The number of hydrogen-bond donors (Lipinski definition) is 1. The molecule has 0 aliphatic rings. The number of hydrogen-bond acceptors (Lipinski definition) is 5. The highest BCUT2D eigenvalue weighted by molar-refractivity contribution is 5.69. The average Bonchev–Trinajstić information content (AvgIpc) is 2.46. The predicted octanol–water partition coefficient (Wildman–Crippen LogP) is 2.31. The van der Waals surface area contributed by atoms with Crippen LogP contribution in [-0.2, 0) is 9.53 Å². The lowest BCUT2D eigenvalue weighted by Gasteiger charge is -2.17. The molecule has 0 heterocycles. The zero-order chi connectivity index (χ0) is 15.0. The molecule has 0 radical (unpaired) electrons. The first-order chi connectivity index (χ1) is 9.62. The molecule has 5 nitrogen and oxygen atoms in total. The van der Waals surface area contributed by atoms with Crippen molar-refractivity contribution in [2.24, 2.45) is 0 Å². The second kappa shape index (κ2) is 8.43. The highest BCUT2D eigenvalue weighted by Crippen LogP contribution is 2.29. The van der Waals surface area contributed by atoms with Crippen LogP contribution in [0.2, 0.25) is 0 Å². The van der Waals surface area contributed by atoms with Crippen LogP contribution in [0.15, 0.2) is 18.2 Å². The average molecular weight is 281 g/mol. The van der Waals surface area contributed by atoms with E-state index >= 15 is 0 Å². The maximum absolute atomic E-state index is 11.3. The fraction of sp³-hybridized carbons (Fsp3) is 0.533. The fourth-order valence-electron chi connectivity index (χ4n) is 1.91. The standard InChI is InChI=1S/C15H23NO4/c1-5-20-15(17)8-9-16-11(2)13-7-6-12(18-3)10-14(13)19-4/h6-7,10-11,16H,5,8-9H2,1-4H3. The fourth-order valence-corrected chi connectivity index (χ4v) is 1.91. The van der Waals surface area contributed by atoms with E-state index in [1.165, 1.54) is 0 Å². The SMILES string of the molecule is CCOC(=O)CCNC(C)c1ccc(OC)cc1OC. The molecule has 112 valence electrons. The zero-order valence-corrected chi connectivity index (χ0v) is 12.6. The van der Waals surface area contributed by atoms with Crippen molar-refractivity contribution in [2.45, 2.75) is 26.3 Å². The maximum atomic E-state index is 11.3. The molecule has 0 aliphatic carbocycles. The molecule has 0 amide bonds. The van der Waals surface area contributed by atoms with Gasteiger partial charge in [0, 0.05) is 24.2 Å². The quantitative estimate of drug-likeness (QED) is 0.741. The summed E-state index contributed by atoms with van der Waals surface area (Å²) in [7, 11) is 3.25. The van der Waals surface area contributed by atoms with Gasteiger partial charge in [-0.15, -0.1) is 0 Å². The van der Waals surface area contributed by atoms with Gasteiger partial charge >= 0.3 is 5.97 Å². The molecule has 5 heteroatoms. The van der Waals surface area contributed by atoms with Gasteiger partial charge in [-0.3, -0.25) is 4.79 Å². The Labute approximate surface area is 120 Å². The topological polar surface area (TPSA) is 56.8 Å². The summed E-state index contributed by atoms with van der Waals surface area (Å²) < 4.78 is 15.4. The van der Waals surface area contributed by atoms with E-state index in [0.717, 1.165) is 17.1 Å². The lowest BCUT2D eigenvalue weighted by molar-refractivity contribution is -0.143. The molecular weight excluding hydrogens is 258 g/mol. The van der Waals surface area contributed by atoms with Crippen LogP contribution in [0.1, 0.15) is 31.9 Å². The van der Waals surface area contributed by atoms with E-state index in [0.29, 0.717) is 19.6 Å². The lowest BCUT2D eigenvalue weighted by Crippen LogP contribution is -2.23. The van der Waals surface area contributed by atoms with Crippen molar-refractivity contribution in [3.05, 3.63) is 23.8 Å². The molecule has 20 heavy (non-hydrogen) atoms. The molecule has 1 unspecified atom stereocenters. The van der Waals surface area contributed by atoms with Gasteiger partial charge in [0.2, 0.25) is 0 Å². The van der Waals surface area contributed by atoms with Gasteiger partial charge in [-0.1, -0.05) is 6.07 Å². The van der Waals surface area contributed by atoms with Crippen LogP contribution in [0.25, 0.3) is 0 Å². The number of ether oxygens (including phenoxy) is 3. The van der Waals surface area contributed by atoms with Gasteiger partial charge in [-0.2, -0.15) is 0 Å². The Morgan fingerprint density at radius 3 is 2.65 bits per heavy atom. The second-order valence-electron chi connectivity index (χ2n) is 4.34. The van der Waals surface area contributed by atoms with Crippen LogP contribution in [0, 0.1) is 0 Å². The molecule has 1 aromatic carbocycles. The van der Waals surface area contributed by atoms with Gasteiger partial charge in [0.1, 0.15) is 11.5 Å². The van der Waals surface area contributed by atoms with Crippen molar-refractivity contribution < 1.29 is 19.0 Å². The maximum Gasteiger partial charge on any atom is 0.307 e. The number of carbonyl (C=O) groups excluding carboxylic acids is 1. The van der Waals surface area contributed by atoms with Gasteiger partial charge < -0.3 is 19.5 Å². The van der Waals surface area contributed by atoms with Crippen LogP contribution in [0.4, 0.5) is 0 Å². The highest BCUT2D eigenvalue weighted by Gasteiger charge is 2.12. The summed E-state index contributed by atoms with van der Waals surface area (Å²) >= 11 is 0. The van der Waals surface area contributed by atoms with Crippen LogP contribution in [0.5, 0.6) is 11.5 Å². The Kier molecular flexibility index (Phi) is 6.87. The molecule has 1 N–H and O–H groups in total. The number of nitrogens with one attached hydrogen (secondary N) is 1. The van der Waals surface area contributed by atoms with E-state index in [9.17, 15) is 4.79 Å². The summed E-state index contributed by atoms with van der Waals surface area (Å²) in [6.45, 7) is 4.81. The first kappa shape index (κ1) is 16.3. The van der Waals surface area contributed by atoms with Crippen LogP contribution < -0.4 is 14.8 Å². The molecular formula is C15H23NO4. The number of benzene rings is 1. The molecule has 0 bridgehead atoms. The Balaban J connectivity index is 2.58. The Hall–Kier alpha value is -1.75. The van der Waals surface area contributed by atoms with Crippen LogP contribution in [-0.4, -0.2) is 33.3 Å². The molecule has 1 atom stereocenters. The molecule has 1 rings (SSSR count). The van der Waals surface area contributed by atoms with Gasteiger partial charge in [-0.05, 0) is 19.9 Å². The van der Waals surface area contributed by atoms with Crippen molar-refractivity contribution in [3.8, 4) is 11.5 Å². The molecule has 0 fully saturated rings. The number of methoxy groups -OCH3 is 2. The summed E-state index contributed by atoms with van der Waals surface area (Å²) in [5.74, 6) is 1.33. The summed E-state index contributed by atoms with van der Waals surface area (Å²) in [6.07, 6.45) is 0.358. The van der Waals surface area contributed by atoms with E-state index < -0.39 is 0 Å². The van der Waals surface area contributed by atoms with Crippen LogP contribution in [0.3, 0.4) is 0 Å². The highest BCUT2D eigenvalue weighted by atomic mass is 16.5. The number of esters is 1. The minimum absolute atomic E-state index is 0.0743. The van der Waals surface area contributed by atoms with E-state index in [4.69, 9.17) is 14.2 Å². The molecule has 0 saturated heterocycles. The Bertz CT molecular complexity index is 434. The molecule has 0 spiro atoms. The molecule has 1 aromatic rings. The normalized spacial score (nSPS) is 11.8. The largest absolute Gasteiger partial charge is 0.497 e. The van der Waals surface area contributed by atoms with Gasteiger partial charge in [0.15, 0.2) is 0 Å². The van der Waals surface area contributed by atoms with Crippen molar-refractivity contribution in [1.29, 1.82) is 0 Å². The van der Waals surface area contributed by atoms with Crippen molar-refractivity contribution in [1.82, 2.24) is 5.32 Å². The predicted molar refractivity (Wildman–Crippen MR) is 77.2 cm³/mol. The lowest BCUT2D eigenvalue weighted by atomic mass is 10.1. The van der Waals surface area contributed by atoms with Gasteiger partial charge in [-0.25, -0.2) is 0 Å². The Morgan fingerprint density at radius 1 is 1.30 bits per heavy atom. The third kappa shape index (κ3) is 4.74. The first-order valence-electron chi connectivity index (χ1n) is 6.73. The minimum Gasteiger partial charge on any atom is -0.497 e. The summed E-state index contributed by atoms with van der Waals surface area (Å²) in [5.41, 5.74) is 1.03. The third-order valence-corrected chi connectivity index (χ3v) is 2.99. The third-order valence-electron chi connectivity index (χ3n) is 2.99. The van der Waals surface area contributed by atoms with E-state index in [1.807, 2.05) is 25.1 Å². The Morgan fingerprint density at radius 2 is 2.05 bits per heavy atom. The van der Waals surface area contributed by atoms with Crippen molar-refractivity contribution in [2.75, 3.05) is 27.4 Å². The summed E-state index contributed by atoms with van der Waals surface area (Å²) in [4.78, 5) is 11.3. The van der Waals surface area contributed by atoms with Crippen molar-refractivity contribution in [3.63, 3.8) is 0 Å². The van der Waals surface area contributed by atoms with Crippen molar-refractivity contribution >= 4 is 5.97 Å². The smallest absolute Gasteiger partial charge is 0.307 e. The van der Waals surface area contributed by atoms with Crippen LogP contribution >= 0.6 is 0 Å². The molecule has 0 aliphatic heterocycles. The minimum atomic E-state index is -0.186. The van der Waals surface area contributed by atoms with Gasteiger partial charge in [0.05, 0.1) is 27.2 Å². The first-order valence-corrected chi connectivity index (χ1v) is 6.73. The second-order valence-corrected chi connectivity index (χ2v) is 4.34. The van der Waals surface area contributed by atoms with E-state index in [1.54, 1.807) is 21.1 Å². The van der Waals surface area contributed by atoms with E-state index in [-0.39, 0.29) is 12.0 Å². The summed E-state index contributed by atoms with van der Waals surface area (Å²) in [5, 5.41) is 3.28. The summed E-state index contributed by atoms with van der Waals surface area (Å²) in [6, 6.07) is 5.77. The van der Waals surface area contributed by atoms with Gasteiger partial charge in [0.25, 0.3) is 0 Å². The van der Waals surface area contributed by atoms with E-state index in [2.05, 4.69) is 5.32 Å². The monoisotopic (exact) mass is 281 g/mol. The number of rotatable bonds is 8. The number of carbonyl (C=O) groups is 1. The molecule has 0 aromatic heterocycles.